The van der Waals surface area contributed by atoms with Crippen LogP contribution in [0.3, 0.4) is 0 Å². The summed E-state index contributed by atoms with van der Waals surface area (Å²) in [7, 11) is 0. The second-order valence-corrected chi connectivity index (χ2v) is 6.03. The van der Waals surface area contributed by atoms with Crippen LogP contribution in [-0.4, -0.2) is 23.1 Å². The molecule has 0 radical (unpaired) electrons. The molecule has 138 valence electrons. The molecule has 0 aliphatic heterocycles. The molecule has 0 saturated carbocycles. The van der Waals surface area contributed by atoms with E-state index in [-0.39, 0.29) is 19.1 Å². The van der Waals surface area contributed by atoms with Gasteiger partial charge in [0.1, 0.15) is 25.1 Å². The zero-order valence-electron chi connectivity index (χ0n) is 15.2. The van der Waals surface area contributed by atoms with E-state index in [9.17, 15) is 0 Å². The number of aromatic nitrogens is 2. The lowest BCUT2D eigenvalue weighted by molar-refractivity contribution is 0.905. The van der Waals surface area contributed by atoms with Crippen molar-refractivity contribution in [1.82, 2.24) is 9.97 Å². The zero-order valence-corrected chi connectivity index (χ0v) is 15.2. The molecule has 3 N–H and O–H groups in total. The van der Waals surface area contributed by atoms with E-state index in [4.69, 9.17) is 16.3 Å². The van der Waals surface area contributed by atoms with Gasteiger partial charge in [-0.15, -0.1) is 0 Å². The van der Waals surface area contributed by atoms with Crippen LogP contribution < -0.4 is 16.0 Å². The number of anilines is 3. The fraction of sp³-hybridized carbons (Fsp3) is 0.143. The first-order valence-corrected chi connectivity index (χ1v) is 8.70. The van der Waals surface area contributed by atoms with E-state index in [2.05, 4.69) is 15.3 Å². The fourth-order valence-electron chi connectivity index (χ4n) is 2.92. The number of hydrogen-bond acceptors (Lipinski definition) is 7. The number of nitrogens with one attached hydrogen (secondary N) is 1. The fourth-order valence-corrected chi connectivity index (χ4v) is 2.92. The molecule has 3 rings (SSSR count). The first-order chi connectivity index (χ1) is 13.7. The predicted octanol–water partition coefficient (Wildman–Crippen LogP) is 3.11. The average Bonchev–Trinajstić information content (AvgIpc) is 2.74. The molecular weight excluding hydrogens is 350 g/mol. The normalized spacial score (nSPS) is 10.1. The molecular formula is C21H19N7. The zero-order chi connectivity index (χ0) is 19.8. The Hall–Kier alpha value is -4.10. The van der Waals surface area contributed by atoms with Gasteiger partial charge in [-0.2, -0.15) is 10.5 Å². The van der Waals surface area contributed by atoms with Gasteiger partial charge in [0.2, 0.25) is 0 Å². The Morgan fingerprint density at radius 3 is 1.93 bits per heavy atom. The summed E-state index contributed by atoms with van der Waals surface area (Å²) in [5.74, 6) is 0.809. The molecule has 0 spiro atoms. The number of nitrogens with zero attached hydrogens (tertiary/aromatic N) is 5. The van der Waals surface area contributed by atoms with Gasteiger partial charge in [-0.1, -0.05) is 60.7 Å². The first kappa shape index (κ1) is 18.7. The number of benzene rings is 2. The van der Waals surface area contributed by atoms with Gasteiger partial charge in [0.05, 0.1) is 18.2 Å². The highest BCUT2D eigenvalue weighted by Gasteiger charge is 2.19. The van der Waals surface area contributed by atoms with Crippen LogP contribution in [0.5, 0.6) is 0 Å². The predicted molar refractivity (Wildman–Crippen MR) is 108 cm³/mol. The summed E-state index contributed by atoms with van der Waals surface area (Å²) < 4.78 is 0. The number of hydrogen-bond donors (Lipinski definition) is 2. The van der Waals surface area contributed by atoms with Gasteiger partial charge in [0.15, 0.2) is 11.6 Å². The van der Waals surface area contributed by atoms with Crippen LogP contribution in [0.1, 0.15) is 17.2 Å². The van der Waals surface area contributed by atoms with Gasteiger partial charge < -0.3 is 16.0 Å². The highest BCUT2D eigenvalue weighted by molar-refractivity contribution is 5.76. The van der Waals surface area contributed by atoms with Crippen LogP contribution >= 0.6 is 0 Å². The van der Waals surface area contributed by atoms with Gasteiger partial charge in [0.25, 0.3) is 0 Å². The minimum atomic E-state index is -0.173. The molecule has 1 aromatic heterocycles. The number of nitrogen functional groups attached to an aromatic ring is 1. The Morgan fingerprint density at radius 2 is 1.43 bits per heavy atom. The van der Waals surface area contributed by atoms with Gasteiger partial charge in [0, 0.05) is 0 Å². The van der Waals surface area contributed by atoms with Crippen molar-refractivity contribution in [3.63, 3.8) is 0 Å². The molecule has 0 bridgehead atoms. The Kier molecular flexibility index (Phi) is 6.02. The molecule has 0 atom stereocenters. The Bertz CT molecular complexity index is 935. The van der Waals surface area contributed by atoms with Crippen molar-refractivity contribution in [3.8, 4) is 12.1 Å². The van der Waals surface area contributed by atoms with Gasteiger partial charge in [-0.3, -0.25) is 0 Å². The summed E-state index contributed by atoms with van der Waals surface area (Å²) >= 11 is 0. The third-order valence-corrected chi connectivity index (χ3v) is 4.23. The maximum absolute atomic E-state index is 9.03. The van der Waals surface area contributed by atoms with Crippen LogP contribution in [-0.2, 0) is 0 Å². The summed E-state index contributed by atoms with van der Waals surface area (Å²) in [6.45, 7) is 0.0179. The summed E-state index contributed by atoms with van der Waals surface area (Å²) in [6, 6.07) is 23.8. The van der Waals surface area contributed by atoms with Crippen molar-refractivity contribution in [2.75, 3.05) is 29.0 Å². The Labute approximate surface area is 163 Å². The molecule has 2 aromatic carbocycles. The molecule has 0 aliphatic carbocycles. The average molecular weight is 369 g/mol. The van der Waals surface area contributed by atoms with E-state index in [1.807, 2.05) is 72.8 Å². The summed E-state index contributed by atoms with van der Waals surface area (Å²) in [5.41, 5.74) is 8.71. The van der Waals surface area contributed by atoms with E-state index in [1.165, 1.54) is 11.2 Å². The summed E-state index contributed by atoms with van der Waals surface area (Å²) in [4.78, 5) is 9.99. The largest absolute Gasteiger partial charge is 0.393 e. The molecule has 0 unspecified atom stereocenters. The SMILES string of the molecule is N#CCN(CC#N)c1ncnc(NC(c2ccccc2)c2ccccc2)c1N. The highest BCUT2D eigenvalue weighted by Crippen LogP contribution is 2.31. The molecule has 1 heterocycles. The van der Waals surface area contributed by atoms with Crippen molar-refractivity contribution in [2.45, 2.75) is 6.04 Å². The molecule has 0 fully saturated rings. The van der Waals surface area contributed by atoms with Crippen molar-refractivity contribution in [2.24, 2.45) is 0 Å². The molecule has 28 heavy (non-hydrogen) atoms. The lowest BCUT2D eigenvalue weighted by atomic mass is 9.99. The van der Waals surface area contributed by atoms with Crippen LogP contribution in [0.4, 0.5) is 17.3 Å². The molecule has 0 amide bonds. The highest BCUT2D eigenvalue weighted by atomic mass is 15.2. The molecule has 7 nitrogen and oxygen atoms in total. The molecule has 0 saturated heterocycles. The first-order valence-electron chi connectivity index (χ1n) is 8.70. The van der Waals surface area contributed by atoms with E-state index < -0.39 is 0 Å². The number of nitrogens with two attached hydrogens (primary N) is 1. The lowest BCUT2D eigenvalue weighted by Gasteiger charge is -2.24. The Morgan fingerprint density at radius 1 is 0.893 bits per heavy atom. The van der Waals surface area contributed by atoms with Crippen LogP contribution in [0.15, 0.2) is 67.0 Å². The van der Waals surface area contributed by atoms with Crippen molar-refractivity contribution < 1.29 is 0 Å². The second-order valence-electron chi connectivity index (χ2n) is 6.03. The van der Waals surface area contributed by atoms with Crippen LogP contribution in [0.25, 0.3) is 0 Å². The molecule has 0 aliphatic rings. The number of rotatable bonds is 7. The third kappa shape index (κ3) is 4.17. The minimum absolute atomic E-state index is 0.00894. The lowest BCUT2D eigenvalue weighted by Crippen LogP contribution is -2.26. The molecule has 3 aromatic rings. The number of nitriles is 2. The van der Waals surface area contributed by atoms with Crippen molar-refractivity contribution in [1.29, 1.82) is 10.5 Å². The smallest absolute Gasteiger partial charge is 0.159 e. The van der Waals surface area contributed by atoms with E-state index >= 15 is 0 Å². The van der Waals surface area contributed by atoms with Crippen molar-refractivity contribution in [3.05, 3.63) is 78.1 Å². The van der Waals surface area contributed by atoms with Gasteiger partial charge in [-0.25, -0.2) is 9.97 Å². The quantitative estimate of drug-likeness (QED) is 0.615. The van der Waals surface area contributed by atoms with Crippen molar-refractivity contribution >= 4 is 17.3 Å². The monoisotopic (exact) mass is 369 g/mol. The van der Waals surface area contributed by atoms with Gasteiger partial charge >= 0.3 is 0 Å². The van der Waals surface area contributed by atoms with Gasteiger partial charge in [-0.05, 0) is 11.1 Å². The Balaban J connectivity index is 1.99. The maximum atomic E-state index is 9.03. The van der Waals surface area contributed by atoms with E-state index in [1.54, 1.807) is 0 Å². The summed E-state index contributed by atoms with van der Waals surface area (Å²) in [6.07, 6.45) is 1.38. The second kappa shape index (κ2) is 9.02. The van der Waals surface area contributed by atoms with E-state index in [0.29, 0.717) is 17.3 Å². The topological polar surface area (TPSA) is 115 Å². The molecule has 7 heteroatoms. The standard InChI is InChI=1S/C21H19N7/c22-11-13-28(14-12-23)21-18(24)20(25-15-26-21)27-19(16-7-3-1-4-8-16)17-9-5-2-6-10-17/h1-10,15,19H,13-14,24H2,(H,25,26,27). The third-order valence-electron chi connectivity index (χ3n) is 4.23. The van der Waals surface area contributed by atoms with E-state index in [0.717, 1.165) is 11.1 Å². The van der Waals surface area contributed by atoms with Crippen LogP contribution in [0.2, 0.25) is 0 Å². The summed E-state index contributed by atoms with van der Waals surface area (Å²) in [5, 5.41) is 21.4. The minimum Gasteiger partial charge on any atom is -0.393 e. The maximum Gasteiger partial charge on any atom is 0.159 e. The van der Waals surface area contributed by atoms with Crippen LogP contribution in [0, 0.1) is 22.7 Å².